The van der Waals surface area contributed by atoms with Crippen LogP contribution in [0.25, 0.3) is 0 Å². The molecular weight excluding hydrogens is 122 g/mol. The van der Waals surface area contributed by atoms with Crippen molar-refractivity contribution in [3.63, 3.8) is 0 Å². The minimum atomic E-state index is -0.0995. The molecule has 0 saturated carbocycles. The second kappa shape index (κ2) is 2.79. The van der Waals surface area contributed by atoms with Gasteiger partial charge in [0.25, 0.3) is 5.51 Å². The average Bonchev–Trinajstić information content (AvgIpc) is 2.19. The van der Waals surface area contributed by atoms with E-state index in [0.717, 1.165) is 6.61 Å². The Kier molecular flexibility index (Phi) is 2.00. The molecule has 0 saturated heterocycles. The zero-order valence-corrected chi connectivity index (χ0v) is 5.52. The number of nitrogens with zero attached hydrogens (tertiary/aromatic N) is 1. The molecule has 1 aromatic rings. The Balaban J connectivity index is 2.50. The molecule has 0 N–H and O–H groups in total. The van der Waals surface area contributed by atoms with Crippen LogP contribution in [0.2, 0.25) is 0 Å². The third-order valence-corrected chi connectivity index (χ3v) is 1.93. The molecule has 1 unspecified atom stereocenters. The fourth-order valence-electron chi connectivity index (χ4n) is 0.431. The first-order valence-electron chi connectivity index (χ1n) is 2.48. The highest BCUT2D eigenvalue weighted by Gasteiger charge is 1.99. The van der Waals surface area contributed by atoms with Gasteiger partial charge in [0.05, 0.1) is 6.20 Å². The van der Waals surface area contributed by atoms with Crippen molar-refractivity contribution in [3.05, 3.63) is 17.1 Å². The molecule has 0 aliphatic rings. The third kappa shape index (κ3) is 1.28. The topological polar surface area (TPSA) is 22.1 Å². The molecule has 1 atom stereocenters. The summed E-state index contributed by atoms with van der Waals surface area (Å²) in [6, 6.07) is 0. The summed E-state index contributed by atoms with van der Waals surface area (Å²) in [6.45, 7) is 2.74. The fraction of sp³-hybridized carbons (Fsp3) is 0.400. The highest BCUT2D eigenvalue weighted by atomic mass is 32.2. The van der Waals surface area contributed by atoms with E-state index in [4.69, 9.17) is 4.18 Å². The van der Waals surface area contributed by atoms with Gasteiger partial charge in [-0.05, 0) is 6.92 Å². The molecule has 0 amide bonds. The van der Waals surface area contributed by atoms with Gasteiger partial charge in [0.1, 0.15) is 6.61 Å². The van der Waals surface area contributed by atoms with E-state index in [-0.39, 0.29) is 10.8 Å². The Labute approximate surface area is 51.3 Å². The molecular formula is C5H8NOS+. The van der Waals surface area contributed by atoms with Crippen molar-refractivity contribution >= 4 is 10.8 Å². The fourth-order valence-corrected chi connectivity index (χ4v) is 1.29. The summed E-state index contributed by atoms with van der Waals surface area (Å²) in [7, 11) is -0.0995. The molecule has 0 bridgehead atoms. The van der Waals surface area contributed by atoms with Gasteiger partial charge in [-0.15, -0.1) is 4.18 Å². The van der Waals surface area contributed by atoms with Crippen molar-refractivity contribution in [3.8, 4) is 0 Å². The summed E-state index contributed by atoms with van der Waals surface area (Å²) >= 11 is 0. The molecule has 8 heavy (non-hydrogen) atoms. The first-order chi connectivity index (χ1) is 3.93. The van der Waals surface area contributed by atoms with Crippen LogP contribution in [0, 0.1) is 0 Å². The zero-order chi connectivity index (χ0) is 5.82. The monoisotopic (exact) mass is 130 g/mol. The van der Waals surface area contributed by atoms with Gasteiger partial charge >= 0.3 is 0 Å². The molecule has 1 aromatic heterocycles. The molecule has 0 aliphatic heterocycles. The molecule has 0 radical (unpaired) electrons. The van der Waals surface area contributed by atoms with E-state index >= 15 is 0 Å². The summed E-state index contributed by atoms with van der Waals surface area (Å²) < 4.78 is 5.19. The third-order valence-electron chi connectivity index (χ3n) is 0.700. The maximum absolute atomic E-state index is 5.19. The van der Waals surface area contributed by atoms with Crippen LogP contribution in [0.15, 0.2) is 17.1 Å². The smallest absolute Gasteiger partial charge is 0.205 e. The highest BCUT2D eigenvalue weighted by Crippen LogP contribution is 2.08. The van der Waals surface area contributed by atoms with Crippen molar-refractivity contribution in [2.45, 2.75) is 6.92 Å². The predicted molar refractivity (Wildman–Crippen MR) is 33.8 cm³/mol. The summed E-state index contributed by atoms with van der Waals surface area (Å²) in [5.74, 6) is 0. The molecule has 1 heterocycles. The van der Waals surface area contributed by atoms with E-state index < -0.39 is 0 Å². The Morgan fingerprint density at radius 2 is 2.62 bits per heavy atom. The second-order valence-corrected chi connectivity index (χ2v) is 2.65. The number of hydrogen-bond donors (Lipinski definition) is 0. The summed E-state index contributed by atoms with van der Waals surface area (Å²) in [6.07, 6.45) is 1.76. The maximum Gasteiger partial charge on any atom is 0.266 e. The lowest BCUT2D eigenvalue weighted by atomic mass is 10.9. The van der Waals surface area contributed by atoms with Crippen LogP contribution in [0.1, 0.15) is 6.92 Å². The second-order valence-electron chi connectivity index (χ2n) is 1.27. The molecule has 2 nitrogen and oxygen atoms in total. The van der Waals surface area contributed by atoms with Crippen molar-refractivity contribution in [2.24, 2.45) is 0 Å². The molecule has 0 aromatic carbocycles. The van der Waals surface area contributed by atoms with Gasteiger partial charge in [0, 0.05) is 0 Å². The molecule has 1 rings (SSSR count). The zero-order valence-electron chi connectivity index (χ0n) is 4.70. The van der Waals surface area contributed by atoms with Gasteiger partial charge in [0.15, 0.2) is 16.1 Å². The van der Waals surface area contributed by atoms with Gasteiger partial charge in [-0.3, -0.25) is 0 Å². The predicted octanol–water partition coefficient (Wildman–Crippen LogP) is 1.28. The Morgan fingerprint density at radius 3 is 3.12 bits per heavy atom. The summed E-state index contributed by atoms with van der Waals surface area (Å²) in [5, 5.41) is 1.95. The Morgan fingerprint density at radius 1 is 1.75 bits per heavy atom. The van der Waals surface area contributed by atoms with Gasteiger partial charge in [-0.2, -0.15) is 0 Å². The standard InChI is InChI=1S/C5H8NOS/c1-2-7-8-4-3-6-5-8/h3-5H,2H2,1H3/q+1. The Hall–Kier alpha value is -0.410. The Bertz CT molecular complexity index is 138. The first kappa shape index (κ1) is 5.72. The van der Waals surface area contributed by atoms with Crippen molar-refractivity contribution in [1.29, 1.82) is 0 Å². The van der Waals surface area contributed by atoms with Gasteiger partial charge in [-0.1, -0.05) is 0 Å². The van der Waals surface area contributed by atoms with E-state index in [1.165, 1.54) is 0 Å². The lowest BCUT2D eigenvalue weighted by molar-refractivity contribution is 0.456. The summed E-state index contributed by atoms with van der Waals surface area (Å²) in [5.41, 5.74) is 1.81. The van der Waals surface area contributed by atoms with Crippen LogP contribution in [-0.4, -0.2) is 11.6 Å². The van der Waals surface area contributed by atoms with Crippen LogP contribution in [-0.2, 0) is 0 Å². The lowest BCUT2D eigenvalue weighted by Crippen LogP contribution is -1.86. The van der Waals surface area contributed by atoms with E-state index in [0.29, 0.717) is 0 Å². The number of aromatic nitrogens is 1. The molecule has 3 heteroatoms. The molecule has 0 aliphatic carbocycles. The van der Waals surface area contributed by atoms with Gasteiger partial charge < -0.3 is 0 Å². The van der Waals surface area contributed by atoms with Crippen LogP contribution >= 0.6 is 10.8 Å². The normalized spacial score (nSPS) is 11.9. The minimum absolute atomic E-state index is 0.0995. The molecule has 0 fully saturated rings. The molecule has 44 valence electrons. The van der Waals surface area contributed by atoms with Crippen molar-refractivity contribution in [1.82, 2.24) is 4.98 Å². The average molecular weight is 130 g/mol. The van der Waals surface area contributed by atoms with Crippen molar-refractivity contribution < 1.29 is 4.18 Å². The van der Waals surface area contributed by atoms with Crippen LogP contribution in [0.5, 0.6) is 0 Å². The van der Waals surface area contributed by atoms with E-state index in [1.54, 1.807) is 6.20 Å². The van der Waals surface area contributed by atoms with Crippen LogP contribution < -0.4 is 4.18 Å². The van der Waals surface area contributed by atoms with Gasteiger partial charge in [0.2, 0.25) is 0 Å². The number of thiazole rings is 1. The van der Waals surface area contributed by atoms with Crippen LogP contribution in [0.4, 0.5) is 0 Å². The quantitative estimate of drug-likeness (QED) is 0.562. The SMILES string of the molecule is CCO[s+]1ccnc1. The molecule has 0 spiro atoms. The highest BCUT2D eigenvalue weighted by molar-refractivity contribution is 7.23. The van der Waals surface area contributed by atoms with E-state index in [9.17, 15) is 0 Å². The minimum Gasteiger partial charge on any atom is -0.205 e. The van der Waals surface area contributed by atoms with E-state index in [2.05, 4.69) is 4.98 Å². The van der Waals surface area contributed by atoms with Crippen LogP contribution in [0.3, 0.4) is 0 Å². The maximum atomic E-state index is 5.19. The summed E-state index contributed by atoms with van der Waals surface area (Å²) in [4.78, 5) is 3.87. The van der Waals surface area contributed by atoms with Crippen molar-refractivity contribution in [2.75, 3.05) is 6.61 Å². The lowest BCUT2D eigenvalue weighted by Gasteiger charge is -1.77. The number of rotatable bonds is 2. The first-order valence-corrected chi connectivity index (χ1v) is 3.76. The van der Waals surface area contributed by atoms with E-state index in [1.807, 2.05) is 17.8 Å². The number of hydrogen-bond acceptors (Lipinski definition) is 2. The van der Waals surface area contributed by atoms with Gasteiger partial charge in [-0.25, -0.2) is 4.98 Å². The largest absolute Gasteiger partial charge is 0.266 e.